The lowest BCUT2D eigenvalue weighted by Crippen LogP contribution is -2.07. The summed E-state index contributed by atoms with van der Waals surface area (Å²) in [4.78, 5) is 2.09. The summed E-state index contributed by atoms with van der Waals surface area (Å²) in [5.41, 5.74) is 3.23. The molecule has 0 bridgehead atoms. The third-order valence-electron chi connectivity index (χ3n) is 3.15. The van der Waals surface area contributed by atoms with E-state index >= 15 is 0 Å². The number of rotatable bonds is 2. The average molecular weight is 361 g/mol. The van der Waals surface area contributed by atoms with Crippen molar-refractivity contribution < 1.29 is 4.42 Å². The van der Waals surface area contributed by atoms with Crippen molar-refractivity contribution in [2.45, 2.75) is 0 Å². The van der Waals surface area contributed by atoms with Gasteiger partial charge in [0.25, 0.3) is 0 Å². The van der Waals surface area contributed by atoms with Crippen molar-refractivity contribution in [3.63, 3.8) is 0 Å². The standard InChI is InChI=1S/C16H14INO/c1-18(2)14-6-3-11(4-7-14)16-10-12-9-13(17)5-8-15(12)19-16/h3-10H,1-2H3/i17-2. The van der Waals surface area contributed by atoms with Gasteiger partial charge in [-0.2, -0.15) is 0 Å². The lowest BCUT2D eigenvalue weighted by Gasteiger charge is -2.11. The molecule has 1 heterocycles. The smallest absolute Gasteiger partial charge is 0.135 e. The maximum Gasteiger partial charge on any atom is 0.135 e. The molecule has 0 fully saturated rings. The Hall–Kier alpha value is -1.49. The Bertz CT molecular complexity index is 713. The number of nitrogens with zero attached hydrogens (tertiary/aromatic N) is 1. The van der Waals surface area contributed by atoms with Crippen LogP contribution in [-0.2, 0) is 0 Å². The van der Waals surface area contributed by atoms with Gasteiger partial charge in [-0.15, -0.1) is 0 Å². The van der Waals surface area contributed by atoms with Crippen LogP contribution in [0.1, 0.15) is 0 Å². The summed E-state index contributed by atoms with van der Waals surface area (Å²) in [6.07, 6.45) is 0. The molecule has 1 aromatic heterocycles. The van der Waals surface area contributed by atoms with E-state index in [9.17, 15) is 0 Å². The summed E-state index contributed by atoms with van der Waals surface area (Å²) in [6, 6.07) is 16.7. The zero-order valence-corrected chi connectivity index (χ0v) is 13.0. The SMILES string of the molecule is CN(C)c1ccc(-c2cc3cc([125I])ccc3o2)cc1. The molecule has 0 aliphatic rings. The highest BCUT2D eigenvalue weighted by atomic mass is 125. The maximum absolute atomic E-state index is 5.89. The summed E-state index contributed by atoms with van der Waals surface area (Å²) < 4.78 is 7.12. The Kier molecular flexibility index (Phi) is 3.22. The van der Waals surface area contributed by atoms with Crippen molar-refractivity contribution in [2.75, 3.05) is 19.0 Å². The number of furan rings is 1. The van der Waals surface area contributed by atoms with Gasteiger partial charge in [0.15, 0.2) is 0 Å². The molecule has 3 heteroatoms. The van der Waals surface area contributed by atoms with Crippen molar-refractivity contribution in [2.24, 2.45) is 0 Å². The number of benzene rings is 2. The molecule has 96 valence electrons. The van der Waals surface area contributed by atoms with Crippen molar-refractivity contribution >= 4 is 39.2 Å². The minimum atomic E-state index is 0.919. The monoisotopic (exact) mass is 361 g/mol. The van der Waals surface area contributed by atoms with Gasteiger partial charge >= 0.3 is 0 Å². The molecule has 3 aromatic rings. The Morgan fingerprint density at radius 1 is 0.947 bits per heavy atom. The second-order valence-electron chi connectivity index (χ2n) is 4.73. The van der Waals surface area contributed by atoms with Crippen LogP contribution in [-0.4, -0.2) is 14.1 Å². The number of anilines is 1. The van der Waals surface area contributed by atoms with Crippen LogP contribution in [0.3, 0.4) is 0 Å². The Morgan fingerprint density at radius 2 is 1.68 bits per heavy atom. The average Bonchev–Trinajstić information content (AvgIpc) is 2.81. The summed E-state index contributed by atoms with van der Waals surface area (Å²) >= 11 is 2.32. The topological polar surface area (TPSA) is 16.4 Å². The number of hydrogen-bond acceptors (Lipinski definition) is 2. The third kappa shape index (κ3) is 2.47. The van der Waals surface area contributed by atoms with E-state index in [1.807, 2.05) is 20.2 Å². The first-order chi connectivity index (χ1) is 9.13. The van der Waals surface area contributed by atoms with Gasteiger partial charge in [-0.3, -0.25) is 0 Å². The van der Waals surface area contributed by atoms with Crippen molar-refractivity contribution in [3.05, 3.63) is 52.1 Å². The molecule has 0 atom stereocenters. The first-order valence-corrected chi connectivity index (χ1v) is 7.18. The van der Waals surface area contributed by atoms with Crippen molar-refractivity contribution in [1.29, 1.82) is 0 Å². The molecule has 0 saturated heterocycles. The van der Waals surface area contributed by atoms with E-state index in [0.717, 1.165) is 22.3 Å². The molecule has 0 aliphatic heterocycles. The van der Waals surface area contributed by atoms with Gasteiger partial charge in [-0.25, -0.2) is 0 Å². The van der Waals surface area contributed by atoms with Crippen LogP contribution in [0, 0.1) is 3.57 Å². The summed E-state index contributed by atoms with van der Waals surface area (Å²) in [5.74, 6) is 0.919. The van der Waals surface area contributed by atoms with E-state index in [1.165, 1.54) is 9.26 Å². The van der Waals surface area contributed by atoms with E-state index in [4.69, 9.17) is 4.42 Å². The zero-order chi connectivity index (χ0) is 13.4. The number of halogens is 1. The molecule has 2 nitrogen and oxygen atoms in total. The molecule has 3 rings (SSSR count). The highest BCUT2D eigenvalue weighted by Gasteiger charge is 2.06. The predicted octanol–water partition coefficient (Wildman–Crippen LogP) is 4.77. The Morgan fingerprint density at radius 3 is 2.37 bits per heavy atom. The molecule has 0 unspecified atom stereocenters. The Balaban J connectivity index is 2.03. The van der Waals surface area contributed by atoms with Crippen LogP contribution in [0.15, 0.2) is 52.9 Å². The van der Waals surface area contributed by atoms with E-state index in [-0.39, 0.29) is 0 Å². The Labute approximate surface area is 126 Å². The predicted molar refractivity (Wildman–Crippen MR) is 88.7 cm³/mol. The lowest BCUT2D eigenvalue weighted by molar-refractivity contribution is 0.631. The summed E-state index contributed by atoms with van der Waals surface area (Å²) in [5, 5.41) is 1.15. The van der Waals surface area contributed by atoms with E-state index in [1.54, 1.807) is 0 Å². The van der Waals surface area contributed by atoms with Crippen LogP contribution >= 0.6 is 22.6 Å². The van der Waals surface area contributed by atoms with Gasteiger partial charge < -0.3 is 9.32 Å². The summed E-state index contributed by atoms with van der Waals surface area (Å²) in [6.45, 7) is 0. The first-order valence-electron chi connectivity index (χ1n) is 6.10. The van der Waals surface area contributed by atoms with Gasteiger partial charge in [0.05, 0.1) is 0 Å². The molecule has 19 heavy (non-hydrogen) atoms. The van der Waals surface area contributed by atoms with Gasteiger partial charge in [0.2, 0.25) is 0 Å². The number of fused-ring (bicyclic) bond motifs is 1. The molecule has 0 aliphatic carbocycles. The van der Waals surface area contributed by atoms with Crippen molar-refractivity contribution in [3.8, 4) is 11.3 Å². The minimum Gasteiger partial charge on any atom is -0.456 e. The van der Waals surface area contributed by atoms with Crippen LogP contribution in [0.4, 0.5) is 5.69 Å². The number of hydrogen-bond donors (Lipinski definition) is 0. The lowest BCUT2D eigenvalue weighted by atomic mass is 10.1. The molecule has 0 N–H and O–H groups in total. The molecular formula is C16H14INO. The fraction of sp³-hybridized carbons (Fsp3) is 0.125. The fourth-order valence-corrected chi connectivity index (χ4v) is 2.60. The normalized spacial score (nSPS) is 10.9. The minimum absolute atomic E-state index is 0.919. The fourth-order valence-electron chi connectivity index (χ4n) is 2.08. The van der Waals surface area contributed by atoms with E-state index < -0.39 is 0 Å². The quantitative estimate of drug-likeness (QED) is 0.612. The molecule has 0 radical (unpaired) electrons. The van der Waals surface area contributed by atoms with Gasteiger partial charge in [-0.1, -0.05) is 0 Å². The van der Waals surface area contributed by atoms with Gasteiger partial charge in [0.1, 0.15) is 11.3 Å². The van der Waals surface area contributed by atoms with Crippen LogP contribution in [0.25, 0.3) is 22.3 Å². The first kappa shape index (κ1) is 12.5. The molecule has 0 spiro atoms. The second kappa shape index (κ2) is 4.89. The summed E-state index contributed by atoms with van der Waals surface area (Å²) in [7, 11) is 4.08. The zero-order valence-electron chi connectivity index (χ0n) is 10.9. The molecule has 0 saturated carbocycles. The van der Waals surface area contributed by atoms with E-state index in [2.05, 4.69) is 70.0 Å². The highest BCUT2D eigenvalue weighted by Crippen LogP contribution is 2.29. The van der Waals surface area contributed by atoms with Crippen LogP contribution in [0.5, 0.6) is 0 Å². The highest BCUT2D eigenvalue weighted by molar-refractivity contribution is 14.1. The molecule has 2 aromatic carbocycles. The van der Waals surface area contributed by atoms with Gasteiger partial charge in [-0.05, 0) is 71.1 Å². The third-order valence-corrected chi connectivity index (χ3v) is 3.82. The molecular weight excluding hydrogens is 347 g/mol. The second-order valence-corrected chi connectivity index (χ2v) is 5.98. The van der Waals surface area contributed by atoms with Crippen LogP contribution in [0.2, 0.25) is 0 Å². The van der Waals surface area contributed by atoms with Crippen LogP contribution < -0.4 is 4.90 Å². The van der Waals surface area contributed by atoms with Gasteiger partial charge in [0, 0.05) is 34.3 Å². The maximum atomic E-state index is 5.89. The van der Waals surface area contributed by atoms with E-state index in [0.29, 0.717) is 0 Å². The van der Waals surface area contributed by atoms with Crippen molar-refractivity contribution in [1.82, 2.24) is 0 Å². The largest absolute Gasteiger partial charge is 0.456 e. The molecule has 0 amide bonds.